The van der Waals surface area contributed by atoms with E-state index in [1.54, 1.807) is 11.3 Å². The lowest BCUT2D eigenvalue weighted by atomic mass is 10.2. The minimum atomic E-state index is 0.586. The van der Waals surface area contributed by atoms with Crippen molar-refractivity contribution < 1.29 is 0 Å². The van der Waals surface area contributed by atoms with Gasteiger partial charge < -0.3 is 15.1 Å². The molecule has 0 aromatic carbocycles. The fourth-order valence-corrected chi connectivity index (χ4v) is 3.74. The first-order valence-electron chi connectivity index (χ1n) is 7.85. The summed E-state index contributed by atoms with van der Waals surface area (Å²) in [6.07, 6.45) is 4.80. The van der Waals surface area contributed by atoms with Crippen molar-refractivity contribution in [3.8, 4) is 0 Å². The molecule has 0 radical (unpaired) electrons. The summed E-state index contributed by atoms with van der Waals surface area (Å²) in [5.74, 6) is 1.19. The number of piperazine rings is 1. The predicted molar refractivity (Wildman–Crippen MR) is 87.2 cm³/mol. The summed E-state index contributed by atoms with van der Waals surface area (Å²) in [7, 11) is 2.21. The molecule has 2 fully saturated rings. The molecular weight excluding hydrogens is 282 g/mol. The Kier molecular flexibility index (Phi) is 3.40. The van der Waals surface area contributed by atoms with Crippen molar-refractivity contribution in [2.45, 2.75) is 38.4 Å². The minimum absolute atomic E-state index is 0.586. The van der Waals surface area contributed by atoms with Crippen LogP contribution in [0, 0.1) is 0 Å². The van der Waals surface area contributed by atoms with Gasteiger partial charge in [-0.3, -0.25) is 4.40 Å². The monoisotopic (exact) mass is 305 g/mol. The first-order valence-corrected chi connectivity index (χ1v) is 8.73. The molecule has 1 aliphatic carbocycles. The van der Waals surface area contributed by atoms with Crippen molar-refractivity contribution in [2.24, 2.45) is 0 Å². The van der Waals surface area contributed by atoms with Crippen molar-refractivity contribution in [2.75, 3.05) is 31.6 Å². The Morgan fingerprint density at radius 2 is 2.24 bits per heavy atom. The van der Waals surface area contributed by atoms with E-state index >= 15 is 0 Å². The smallest absolute Gasteiger partial charge is 0.195 e. The maximum Gasteiger partial charge on any atom is 0.195 e. The van der Waals surface area contributed by atoms with Crippen molar-refractivity contribution in [1.29, 1.82) is 0 Å². The maximum atomic E-state index is 4.90. The first-order chi connectivity index (χ1) is 10.2. The fraction of sp³-hybridized carbons (Fsp3) is 0.667. The molecular formula is C15H23N5S. The van der Waals surface area contributed by atoms with Crippen LogP contribution >= 0.6 is 11.3 Å². The summed E-state index contributed by atoms with van der Waals surface area (Å²) in [6.45, 7) is 6.48. The van der Waals surface area contributed by atoms with Crippen LogP contribution in [0.5, 0.6) is 0 Å². The number of rotatable bonds is 4. The average Bonchev–Trinajstić information content (AvgIpc) is 3.07. The number of thiazole rings is 1. The molecule has 0 amide bonds. The van der Waals surface area contributed by atoms with Gasteiger partial charge in [0, 0.05) is 49.8 Å². The zero-order valence-electron chi connectivity index (χ0n) is 12.7. The van der Waals surface area contributed by atoms with Crippen LogP contribution in [0.2, 0.25) is 0 Å². The SMILES string of the molecule is CC1CN(c2nc3sccn3c2CNC2CC2)CCN1C. The first kappa shape index (κ1) is 13.5. The molecule has 21 heavy (non-hydrogen) atoms. The number of hydrogen-bond acceptors (Lipinski definition) is 5. The van der Waals surface area contributed by atoms with Crippen molar-refractivity contribution in [3.05, 3.63) is 17.3 Å². The molecule has 1 saturated carbocycles. The van der Waals surface area contributed by atoms with Crippen LogP contribution in [-0.2, 0) is 6.54 Å². The Morgan fingerprint density at radius 1 is 1.38 bits per heavy atom. The van der Waals surface area contributed by atoms with Gasteiger partial charge in [-0.2, -0.15) is 0 Å². The van der Waals surface area contributed by atoms with E-state index in [1.807, 2.05) is 0 Å². The highest BCUT2D eigenvalue weighted by molar-refractivity contribution is 7.15. The molecule has 5 nitrogen and oxygen atoms in total. The highest BCUT2D eigenvalue weighted by Crippen LogP contribution is 2.28. The third-order valence-electron chi connectivity index (χ3n) is 4.73. The zero-order valence-corrected chi connectivity index (χ0v) is 13.6. The molecule has 2 aliphatic rings. The summed E-state index contributed by atoms with van der Waals surface area (Å²) in [5, 5.41) is 5.77. The van der Waals surface area contributed by atoms with E-state index in [0.717, 1.165) is 37.2 Å². The second kappa shape index (κ2) is 5.26. The van der Waals surface area contributed by atoms with E-state index in [4.69, 9.17) is 4.98 Å². The lowest BCUT2D eigenvalue weighted by molar-refractivity contribution is 0.233. The Morgan fingerprint density at radius 3 is 3.00 bits per heavy atom. The van der Waals surface area contributed by atoms with Gasteiger partial charge in [-0.05, 0) is 26.8 Å². The maximum absolute atomic E-state index is 4.90. The van der Waals surface area contributed by atoms with E-state index in [-0.39, 0.29) is 0 Å². The number of nitrogens with zero attached hydrogens (tertiary/aromatic N) is 4. The number of anilines is 1. The van der Waals surface area contributed by atoms with E-state index < -0.39 is 0 Å². The molecule has 4 rings (SSSR count). The molecule has 0 spiro atoms. The average molecular weight is 305 g/mol. The van der Waals surface area contributed by atoms with E-state index in [2.05, 4.69) is 45.1 Å². The fourth-order valence-electron chi connectivity index (χ4n) is 3.01. The third kappa shape index (κ3) is 2.56. The van der Waals surface area contributed by atoms with E-state index in [0.29, 0.717) is 6.04 Å². The van der Waals surface area contributed by atoms with Crippen molar-refractivity contribution in [3.63, 3.8) is 0 Å². The second-order valence-corrected chi connectivity index (χ2v) is 7.24. The van der Waals surface area contributed by atoms with Gasteiger partial charge in [0.1, 0.15) is 0 Å². The van der Waals surface area contributed by atoms with E-state index in [1.165, 1.54) is 24.4 Å². The van der Waals surface area contributed by atoms with Gasteiger partial charge >= 0.3 is 0 Å². The normalized spacial score (nSPS) is 24.1. The third-order valence-corrected chi connectivity index (χ3v) is 5.49. The van der Waals surface area contributed by atoms with Gasteiger partial charge in [0.25, 0.3) is 0 Å². The number of aromatic nitrogens is 2. The molecule has 3 heterocycles. The van der Waals surface area contributed by atoms with Gasteiger partial charge in [0.15, 0.2) is 10.8 Å². The van der Waals surface area contributed by atoms with Crippen LogP contribution < -0.4 is 10.2 Å². The molecule has 2 aromatic heterocycles. The molecule has 1 unspecified atom stereocenters. The van der Waals surface area contributed by atoms with Crippen LogP contribution in [0.15, 0.2) is 11.6 Å². The van der Waals surface area contributed by atoms with Gasteiger partial charge in [-0.15, -0.1) is 11.3 Å². The summed E-state index contributed by atoms with van der Waals surface area (Å²) >= 11 is 1.72. The van der Waals surface area contributed by atoms with Crippen LogP contribution in [0.4, 0.5) is 5.82 Å². The summed E-state index contributed by atoms with van der Waals surface area (Å²) in [6, 6.07) is 1.32. The number of likely N-dealkylation sites (N-methyl/N-ethyl adjacent to an activating group) is 1. The lowest BCUT2D eigenvalue weighted by Gasteiger charge is -2.38. The van der Waals surface area contributed by atoms with Crippen LogP contribution in [-0.4, -0.2) is 53.1 Å². The molecule has 2 aromatic rings. The molecule has 6 heteroatoms. The molecule has 1 atom stereocenters. The molecule has 114 valence electrons. The second-order valence-electron chi connectivity index (χ2n) is 6.37. The Labute approximate surface area is 129 Å². The number of imidazole rings is 1. The summed E-state index contributed by atoms with van der Waals surface area (Å²) < 4.78 is 2.26. The molecule has 1 N–H and O–H groups in total. The highest BCUT2D eigenvalue weighted by Gasteiger charge is 2.27. The van der Waals surface area contributed by atoms with Crippen LogP contribution in [0.1, 0.15) is 25.5 Å². The van der Waals surface area contributed by atoms with Crippen LogP contribution in [0.3, 0.4) is 0 Å². The Hall–Kier alpha value is -1.11. The number of hydrogen-bond donors (Lipinski definition) is 1. The largest absolute Gasteiger partial charge is 0.352 e. The number of fused-ring (bicyclic) bond motifs is 1. The quantitative estimate of drug-likeness (QED) is 0.934. The standard InChI is InChI=1S/C15H23N5S/c1-11-10-19(6-5-18(11)2)14-13(9-16-12-3-4-12)20-7-8-21-15(20)17-14/h7-8,11-12,16H,3-6,9-10H2,1-2H3. The summed E-state index contributed by atoms with van der Waals surface area (Å²) in [4.78, 5) is 10.9. The van der Waals surface area contributed by atoms with Gasteiger partial charge in [0.2, 0.25) is 0 Å². The Balaban J connectivity index is 1.63. The molecule has 1 saturated heterocycles. The van der Waals surface area contributed by atoms with E-state index in [9.17, 15) is 0 Å². The summed E-state index contributed by atoms with van der Waals surface area (Å²) in [5.41, 5.74) is 1.33. The number of nitrogens with one attached hydrogen (secondary N) is 1. The van der Waals surface area contributed by atoms with Crippen molar-refractivity contribution in [1.82, 2.24) is 19.6 Å². The zero-order chi connectivity index (χ0) is 14.4. The lowest BCUT2D eigenvalue weighted by Crippen LogP contribution is -2.50. The molecule has 0 bridgehead atoms. The Bertz CT molecular complexity index is 629. The minimum Gasteiger partial charge on any atom is -0.352 e. The van der Waals surface area contributed by atoms with Gasteiger partial charge in [-0.25, -0.2) is 4.98 Å². The predicted octanol–water partition coefficient (Wildman–Crippen LogP) is 1.79. The molecule has 1 aliphatic heterocycles. The highest BCUT2D eigenvalue weighted by atomic mass is 32.1. The topological polar surface area (TPSA) is 35.8 Å². The van der Waals surface area contributed by atoms with Crippen LogP contribution in [0.25, 0.3) is 4.96 Å². The van der Waals surface area contributed by atoms with Gasteiger partial charge in [-0.1, -0.05) is 0 Å². The van der Waals surface area contributed by atoms with Gasteiger partial charge in [0.05, 0.1) is 5.69 Å². The van der Waals surface area contributed by atoms with Crippen molar-refractivity contribution >= 4 is 22.1 Å².